The SMILES string of the molecule is CC(C)(C)CC(=O)N1CCN(C(C(=O)NCCCN2CCCC2=O)C2CCCC2)CC1. The second-order valence-corrected chi connectivity index (χ2v) is 10.8. The van der Waals surface area contributed by atoms with Crippen LogP contribution in [0.5, 0.6) is 0 Å². The highest BCUT2D eigenvalue weighted by atomic mass is 16.2. The quantitative estimate of drug-likeness (QED) is 0.595. The van der Waals surface area contributed by atoms with Crippen molar-refractivity contribution in [2.75, 3.05) is 45.8 Å². The van der Waals surface area contributed by atoms with Crippen LogP contribution in [0.1, 0.15) is 72.1 Å². The molecule has 3 fully saturated rings. The maximum Gasteiger partial charge on any atom is 0.237 e. The van der Waals surface area contributed by atoms with Crippen LogP contribution >= 0.6 is 0 Å². The van der Waals surface area contributed by atoms with Crippen LogP contribution < -0.4 is 5.32 Å². The minimum absolute atomic E-state index is 0.000166. The highest BCUT2D eigenvalue weighted by Crippen LogP contribution is 2.31. The summed E-state index contributed by atoms with van der Waals surface area (Å²) in [6.07, 6.45) is 7.64. The van der Waals surface area contributed by atoms with Crippen molar-refractivity contribution in [1.29, 1.82) is 0 Å². The predicted molar refractivity (Wildman–Crippen MR) is 121 cm³/mol. The van der Waals surface area contributed by atoms with Crippen molar-refractivity contribution in [3.05, 3.63) is 0 Å². The van der Waals surface area contributed by atoms with Crippen LogP contribution in [-0.2, 0) is 14.4 Å². The fourth-order valence-corrected chi connectivity index (χ4v) is 5.29. The second-order valence-electron chi connectivity index (χ2n) is 10.8. The number of rotatable bonds is 8. The normalized spacial score (nSPS) is 22.2. The van der Waals surface area contributed by atoms with Crippen molar-refractivity contribution < 1.29 is 14.4 Å². The van der Waals surface area contributed by atoms with E-state index in [0.29, 0.717) is 38.4 Å². The Morgan fingerprint density at radius 1 is 1.03 bits per heavy atom. The summed E-state index contributed by atoms with van der Waals surface area (Å²) < 4.78 is 0. The Balaban J connectivity index is 1.49. The summed E-state index contributed by atoms with van der Waals surface area (Å²) >= 11 is 0. The molecule has 1 saturated carbocycles. The second kappa shape index (κ2) is 10.8. The lowest BCUT2D eigenvalue weighted by molar-refractivity contribution is -0.136. The first kappa shape index (κ1) is 24.0. The average Bonchev–Trinajstić information content (AvgIpc) is 3.37. The van der Waals surface area contributed by atoms with Gasteiger partial charge in [0, 0.05) is 58.7 Å². The van der Waals surface area contributed by atoms with E-state index in [1.165, 1.54) is 12.8 Å². The number of carbonyl (C=O) groups is 3. The molecule has 2 heterocycles. The molecular formula is C24H42N4O3. The minimum atomic E-state index is -0.0872. The van der Waals surface area contributed by atoms with Crippen molar-refractivity contribution in [3.8, 4) is 0 Å². The number of likely N-dealkylation sites (tertiary alicyclic amines) is 1. The van der Waals surface area contributed by atoms with E-state index < -0.39 is 0 Å². The smallest absolute Gasteiger partial charge is 0.237 e. The summed E-state index contributed by atoms with van der Waals surface area (Å²) in [5.41, 5.74) is 0.000166. The van der Waals surface area contributed by atoms with E-state index in [0.717, 1.165) is 51.9 Å². The van der Waals surface area contributed by atoms with Gasteiger partial charge >= 0.3 is 0 Å². The summed E-state index contributed by atoms with van der Waals surface area (Å²) in [6, 6.07) is -0.0872. The van der Waals surface area contributed by atoms with Crippen LogP contribution in [0.25, 0.3) is 0 Å². The third-order valence-corrected chi connectivity index (χ3v) is 6.93. The van der Waals surface area contributed by atoms with Gasteiger partial charge in [-0.25, -0.2) is 0 Å². The summed E-state index contributed by atoms with van der Waals surface area (Å²) in [7, 11) is 0. The molecule has 0 aromatic heterocycles. The third kappa shape index (κ3) is 6.93. The molecule has 1 aliphatic carbocycles. The largest absolute Gasteiger partial charge is 0.355 e. The number of hydrogen-bond donors (Lipinski definition) is 1. The van der Waals surface area contributed by atoms with Crippen LogP contribution in [0.2, 0.25) is 0 Å². The van der Waals surface area contributed by atoms with Gasteiger partial charge in [0.25, 0.3) is 0 Å². The van der Waals surface area contributed by atoms with Gasteiger partial charge in [0.15, 0.2) is 0 Å². The van der Waals surface area contributed by atoms with Gasteiger partial charge in [0.05, 0.1) is 6.04 Å². The number of piperazine rings is 1. The summed E-state index contributed by atoms with van der Waals surface area (Å²) in [5, 5.41) is 3.16. The van der Waals surface area contributed by atoms with Gasteiger partial charge in [-0.2, -0.15) is 0 Å². The molecule has 0 aromatic rings. The maximum atomic E-state index is 13.2. The number of carbonyl (C=O) groups excluding carboxylic acids is 3. The van der Waals surface area contributed by atoms with Crippen LogP contribution in [0.3, 0.4) is 0 Å². The molecule has 7 nitrogen and oxygen atoms in total. The van der Waals surface area contributed by atoms with Gasteiger partial charge in [-0.3, -0.25) is 19.3 Å². The lowest BCUT2D eigenvalue weighted by Crippen LogP contribution is -2.58. The molecule has 1 unspecified atom stereocenters. The zero-order valence-electron chi connectivity index (χ0n) is 19.8. The zero-order valence-corrected chi connectivity index (χ0v) is 19.8. The topological polar surface area (TPSA) is 73.0 Å². The molecular weight excluding hydrogens is 392 g/mol. The van der Waals surface area contributed by atoms with Crippen molar-refractivity contribution in [2.45, 2.75) is 78.2 Å². The Kier molecular flexibility index (Phi) is 8.36. The van der Waals surface area contributed by atoms with Crippen molar-refractivity contribution >= 4 is 17.7 Å². The van der Waals surface area contributed by atoms with E-state index >= 15 is 0 Å². The molecule has 31 heavy (non-hydrogen) atoms. The van der Waals surface area contributed by atoms with Gasteiger partial charge < -0.3 is 15.1 Å². The van der Waals surface area contributed by atoms with Crippen molar-refractivity contribution in [1.82, 2.24) is 20.0 Å². The highest BCUT2D eigenvalue weighted by Gasteiger charge is 2.37. The maximum absolute atomic E-state index is 13.2. The first-order valence-electron chi connectivity index (χ1n) is 12.3. The molecule has 3 amide bonds. The molecule has 176 valence electrons. The molecule has 7 heteroatoms. The Morgan fingerprint density at radius 2 is 1.71 bits per heavy atom. The fraction of sp³-hybridized carbons (Fsp3) is 0.875. The lowest BCUT2D eigenvalue weighted by atomic mass is 9.91. The van der Waals surface area contributed by atoms with E-state index in [9.17, 15) is 14.4 Å². The average molecular weight is 435 g/mol. The monoisotopic (exact) mass is 434 g/mol. The third-order valence-electron chi connectivity index (χ3n) is 6.93. The van der Waals surface area contributed by atoms with Gasteiger partial charge in [-0.05, 0) is 37.0 Å². The standard InChI is InChI=1S/C24H42N4O3/c1-24(2,3)18-21(30)27-14-16-28(17-15-27)22(19-8-4-5-9-19)23(31)25-11-7-13-26-12-6-10-20(26)29/h19,22H,4-18H2,1-3H3,(H,25,31). The molecule has 3 rings (SSSR count). The van der Waals surface area contributed by atoms with E-state index in [1.54, 1.807) is 0 Å². The number of nitrogens with one attached hydrogen (secondary N) is 1. The van der Waals surface area contributed by atoms with Gasteiger partial charge in [-0.15, -0.1) is 0 Å². The minimum Gasteiger partial charge on any atom is -0.355 e. The van der Waals surface area contributed by atoms with E-state index in [1.807, 2.05) is 9.80 Å². The molecule has 1 N–H and O–H groups in total. The molecule has 1 atom stereocenters. The summed E-state index contributed by atoms with van der Waals surface area (Å²) in [6.45, 7) is 11.5. The molecule has 0 bridgehead atoms. The van der Waals surface area contributed by atoms with Crippen LogP contribution in [-0.4, -0.2) is 84.3 Å². The number of amides is 3. The zero-order chi connectivity index (χ0) is 22.4. The summed E-state index contributed by atoms with van der Waals surface area (Å²) in [5.74, 6) is 1.02. The van der Waals surface area contributed by atoms with E-state index in [4.69, 9.17) is 0 Å². The predicted octanol–water partition coefficient (Wildman–Crippen LogP) is 2.25. The first-order chi connectivity index (χ1) is 14.7. The lowest BCUT2D eigenvalue weighted by Gasteiger charge is -2.41. The number of hydrogen-bond acceptors (Lipinski definition) is 4. The molecule has 0 radical (unpaired) electrons. The Labute approximate surface area is 187 Å². The van der Waals surface area contributed by atoms with Gasteiger partial charge in [-0.1, -0.05) is 33.6 Å². The van der Waals surface area contributed by atoms with E-state index in [2.05, 4.69) is 31.0 Å². The fourth-order valence-electron chi connectivity index (χ4n) is 5.29. The number of nitrogens with zero attached hydrogens (tertiary/aromatic N) is 3. The van der Waals surface area contributed by atoms with Crippen molar-refractivity contribution in [3.63, 3.8) is 0 Å². The highest BCUT2D eigenvalue weighted by molar-refractivity contribution is 5.82. The first-order valence-corrected chi connectivity index (χ1v) is 12.3. The molecule has 0 aromatic carbocycles. The van der Waals surface area contributed by atoms with Crippen LogP contribution in [0.15, 0.2) is 0 Å². The Morgan fingerprint density at radius 3 is 2.29 bits per heavy atom. The van der Waals surface area contributed by atoms with E-state index in [-0.39, 0.29) is 29.2 Å². The van der Waals surface area contributed by atoms with Crippen molar-refractivity contribution in [2.24, 2.45) is 11.3 Å². The van der Waals surface area contributed by atoms with Gasteiger partial charge in [0.2, 0.25) is 17.7 Å². The van der Waals surface area contributed by atoms with Crippen LogP contribution in [0, 0.1) is 11.3 Å². The molecule has 2 aliphatic heterocycles. The molecule has 3 aliphatic rings. The Hall–Kier alpha value is -1.63. The van der Waals surface area contributed by atoms with Gasteiger partial charge in [0.1, 0.15) is 0 Å². The molecule has 2 saturated heterocycles. The Bertz CT molecular complexity index is 631. The molecule has 0 spiro atoms. The summed E-state index contributed by atoms with van der Waals surface area (Å²) in [4.78, 5) is 43.7. The van der Waals surface area contributed by atoms with Crippen LogP contribution in [0.4, 0.5) is 0 Å².